The molecule has 11 nitrogen and oxygen atoms in total. The normalized spacial score (nSPS) is 21.2. The second kappa shape index (κ2) is 8.11. The average Bonchev–Trinajstić information content (AvgIpc) is 3.46. The Kier molecular flexibility index (Phi) is 5.48. The van der Waals surface area contributed by atoms with Crippen LogP contribution >= 0.6 is 0 Å². The molecule has 0 bridgehead atoms. The molecule has 5 rings (SSSR count). The Balaban J connectivity index is 1.76. The van der Waals surface area contributed by atoms with Gasteiger partial charge in [0.15, 0.2) is 0 Å². The van der Waals surface area contributed by atoms with Gasteiger partial charge in [0.2, 0.25) is 11.1 Å². The van der Waals surface area contributed by atoms with Crippen molar-refractivity contribution >= 4 is 11.7 Å². The van der Waals surface area contributed by atoms with Crippen LogP contribution in [0, 0.1) is 20.2 Å². The molecule has 2 aromatic heterocycles. The number of aromatic nitrogens is 3. The summed E-state index contributed by atoms with van der Waals surface area (Å²) < 4.78 is 4.42. The van der Waals surface area contributed by atoms with Crippen LogP contribution in [0.15, 0.2) is 54.9 Å². The molecule has 2 aliphatic rings. The zero-order valence-corrected chi connectivity index (χ0v) is 23.5. The predicted octanol–water partition coefficient (Wildman–Crippen LogP) is 4.15. The fraction of sp³-hybridized carbons (Fsp3) is 0.429. The summed E-state index contributed by atoms with van der Waals surface area (Å²) in [5.74, 6) is -0.200. The minimum Gasteiger partial charge on any atom is -0.618 e. The van der Waals surface area contributed by atoms with E-state index in [0.717, 1.165) is 0 Å². The van der Waals surface area contributed by atoms with E-state index in [1.165, 1.54) is 0 Å². The standard InChI is InChI=1S/C28H33N7O4/c1-25(2)26(3,4)33(37)23(32(25)36)18-15-19(24-34(38)27(5,6)28(7,8)35(24)39)17-20(16-18)31-14-12-22(30-31)21-11-9-10-13-29-21/h9-17H,1-8H3/q+2. The highest BCUT2D eigenvalue weighted by atomic mass is 16.5. The molecule has 0 aliphatic carbocycles. The van der Waals surface area contributed by atoms with Gasteiger partial charge in [0, 0.05) is 77.6 Å². The second-order valence-corrected chi connectivity index (χ2v) is 12.2. The number of rotatable bonds is 4. The van der Waals surface area contributed by atoms with Crippen LogP contribution in [0.5, 0.6) is 0 Å². The molecule has 3 aromatic rings. The number of pyridine rings is 1. The molecule has 11 heteroatoms. The Hall–Kier alpha value is -4.28. The lowest BCUT2D eigenvalue weighted by Crippen LogP contribution is -2.50. The maximum atomic E-state index is 13.5. The Morgan fingerprint density at radius 3 is 1.62 bits per heavy atom. The maximum Gasteiger partial charge on any atom is 0.504 e. The number of nitroso groups, excluding NO2 is 2. The van der Waals surface area contributed by atoms with Gasteiger partial charge in [0.1, 0.15) is 26.3 Å². The number of amidine groups is 2. The first-order valence-electron chi connectivity index (χ1n) is 12.8. The number of nitrogens with zero attached hydrogens (tertiary/aromatic N) is 7. The third-order valence-corrected chi connectivity index (χ3v) is 9.01. The number of benzene rings is 1. The summed E-state index contributed by atoms with van der Waals surface area (Å²) in [6.07, 6.45) is 3.39. The first-order valence-corrected chi connectivity index (χ1v) is 12.8. The average molecular weight is 532 g/mol. The lowest BCUT2D eigenvalue weighted by molar-refractivity contribution is -0.555. The van der Waals surface area contributed by atoms with E-state index in [0.29, 0.717) is 36.1 Å². The molecule has 0 unspecified atom stereocenters. The topological polar surface area (TPSA) is 123 Å². The van der Waals surface area contributed by atoms with Crippen molar-refractivity contribution in [2.75, 3.05) is 0 Å². The quantitative estimate of drug-likeness (QED) is 0.368. The number of hydroxylamine groups is 2. The van der Waals surface area contributed by atoms with Crippen LogP contribution in [0.3, 0.4) is 0 Å². The van der Waals surface area contributed by atoms with Gasteiger partial charge in [0.05, 0.1) is 11.4 Å². The van der Waals surface area contributed by atoms with Crippen LogP contribution < -0.4 is 0 Å². The van der Waals surface area contributed by atoms with Crippen molar-refractivity contribution in [1.82, 2.24) is 14.8 Å². The van der Waals surface area contributed by atoms with Crippen LogP contribution in [-0.2, 0) is 0 Å². The van der Waals surface area contributed by atoms with Crippen LogP contribution in [0.4, 0.5) is 0 Å². The molecule has 0 amide bonds. The van der Waals surface area contributed by atoms with E-state index >= 15 is 0 Å². The molecule has 0 atom stereocenters. The van der Waals surface area contributed by atoms with Crippen LogP contribution in [0.2, 0.25) is 0 Å². The lowest BCUT2D eigenvalue weighted by Gasteiger charge is -2.22. The van der Waals surface area contributed by atoms with Gasteiger partial charge in [-0.2, -0.15) is 5.10 Å². The molecule has 0 N–H and O–H groups in total. The highest BCUT2D eigenvalue weighted by molar-refractivity contribution is 5.96. The predicted molar refractivity (Wildman–Crippen MR) is 146 cm³/mol. The van der Waals surface area contributed by atoms with Gasteiger partial charge in [-0.3, -0.25) is 4.98 Å². The molecule has 39 heavy (non-hydrogen) atoms. The van der Waals surface area contributed by atoms with Gasteiger partial charge in [-0.25, -0.2) is 4.68 Å². The zero-order valence-electron chi connectivity index (χ0n) is 23.5. The molecule has 4 heterocycles. The van der Waals surface area contributed by atoms with Crippen molar-refractivity contribution in [3.05, 3.63) is 86.2 Å². The van der Waals surface area contributed by atoms with Crippen LogP contribution in [-0.4, -0.2) is 67.6 Å². The van der Waals surface area contributed by atoms with Gasteiger partial charge in [0.25, 0.3) is 11.1 Å². The third-order valence-electron chi connectivity index (χ3n) is 9.01. The van der Waals surface area contributed by atoms with Gasteiger partial charge >= 0.3 is 11.7 Å². The molecule has 0 radical (unpaired) electrons. The van der Waals surface area contributed by atoms with Gasteiger partial charge in [-0.05, 0) is 36.4 Å². The largest absolute Gasteiger partial charge is 0.618 e. The van der Waals surface area contributed by atoms with Gasteiger partial charge in [-0.1, -0.05) is 6.07 Å². The summed E-state index contributed by atoms with van der Waals surface area (Å²) >= 11 is 0. The summed E-state index contributed by atoms with van der Waals surface area (Å²) in [6.45, 7) is 13.7. The maximum absolute atomic E-state index is 13.5. The van der Waals surface area contributed by atoms with E-state index in [1.807, 2.05) is 18.2 Å². The fourth-order valence-corrected chi connectivity index (χ4v) is 4.81. The van der Waals surface area contributed by atoms with E-state index in [4.69, 9.17) is 0 Å². The third kappa shape index (κ3) is 3.48. The monoisotopic (exact) mass is 531 g/mol. The van der Waals surface area contributed by atoms with Crippen molar-refractivity contribution in [1.29, 1.82) is 0 Å². The molecule has 0 fully saturated rings. The number of hydrogen-bond acceptors (Lipinski definition) is 6. The Bertz CT molecular complexity index is 1530. The van der Waals surface area contributed by atoms with Crippen molar-refractivity contribution < 1.29 is 19.0 Å². The minimum atomic E-state index is -1.04. The highest BCUT2D eigenvalue weighted by Gasteiger charge is 2.70. The summed E-state index contributed by atoms with van der Waals surface area (Å²) in [5.41, 5.74) is -1.87. The van der Waals surface area contributed by atoms with Crippen molar-refractivity contribution in [2.24, 2.45) is 0 Å². The summed E-state index contributed by atoms with van der Waals surface area (Å²) in [5, 5.41) is 31.7. The van der Waals surface area contributed by atoms with E-state index in [2.05, 4.69) is 10.1 Å². The highest BCUT2D eigenvalue weighted by Crippen LogP contribution is 2.38. The van der Waals surface area contributed by atoms with Crippen molar-refractivity contribution in [3.8, 4) is 17.1 Å². The van der Waals surface area contributed by atoms with Crippen LogP contribution in [0.25, 0.3) is 17.1 Å². The Morgan fingerprint density at radius 1 is 0.692 bits per heavy atom. The smallest absolute Gasteiger partial charge is 0.504 e. The van der Waals surface area contributed by atoms with E-state index in [1.54, 1.807) is 96.7 Å². The number of hydrogen-bond donors (Lipinski definition) is 0. The van der Waals surface area contributed by atoms with Gasteiger partial charge in [-0.15, -0.1) is 9.48 Å². The zero-order chi connectivity index (χ0) is 28.7. The minimum absolute atomic E-state index is 0.0998. The first-order chi connectivity index (χ1) is 18.0. The molecule has 0 spiro atoms. The first kappa shape index (κ1) is 26.3. The molecular formula is C28H33N7O4+2. The molecule has 1 aromatic carbocycles. The van der Waals surface area contributed by atoms with E-state index in [-0.39, 0.29) is 22.8 Å². The Labute approximate surface area is 226 Å². The summed E-state index contributed by atoms with van der Waals surface area (Å²) in [4.78, 5) is 31.4. The van der Waals surface area contributed by atoms with Crippen LogP contribution in [0.1, 0.15) is 66.5 Å². The molecule has 2 aliphatic heterocycles. The molecule has 202 valence electrons. The summed E-state index contributed by atoms with van der Waals surface area (Å²) in [6, 6.07) is 12.2. The molecular weight excluding hydrogens is 498 g/mol. The van der Waals surface area contributed by atoms with Crippen molar-refractivity contribution in [2.45, 2.75) is 77.5 Å². The summed E-state index contributed by atoms with van der Waals surface area (Å²) in [7, 11) is 0. The van der Waals surface area contributed by atoms with E-state index < -0.39 is 22.2 Å². The SMILES string of the molecule is CC1(C)[N+](=O)C(c2cc(C3=[N+]([O-])C(C)(C)C(C)(C)[N+]3=O)cc(-n3ccc(-c4ccccn4)n3)c2)=[N+]([O-])C1(C)C. The molecule has 0 saturated heterocycles. The van der Waals surface area contributed by atoms with Gasteiger partial charge < -0.3 is 10.4 Å². The molecule has 0 saturated carbocycles. The second-order valence-electron chi connectivity index (χ2n) is 12.2. The van der Waals surface area contributed by atoms with Crippen molar-refractivity contribution in [3.63, 3.8) is 0 Å². The fourth-order valence-electron chi connectivity index (χ4n) is 4.81. The lowest BCUT2D eigenvalue weighted by atomic mass is 9.84. The Morgan fingerprint density at radius 2 is 1.21 bits per heavy atom. The van der Waals surface area contributed by atoms with E-state index in [9.17, 15) is 20.2 Å².